The van der Waals surface area contributed by atoms with Crippen molar-refractivity contribution in [1.29, 1.82) is 0 Å². The maximum Gasteiger partial charge on any atom is 0.255 e. The van der Waals surface area contributed by atoms with E-state index in [1.165, 1.54) is 37.6 Å². The van der Waals surface area contributed by atoms with Crippen molar-refractivity contribution in [1.82, 2.24) is 24.6 Å². The third kappa shape index (κ3) is 3.49. The molecule has 1 amide bonds. The number of imidazole rings is 1. The van der Waals surface area contributed by atoms with Crippen LogP contribution < -0.4 is 0 Å². The Bertz CT molecular complexity index is 755. The maximum absolute atomic E-state index is 12.8. The molecule has 1 aliphatic heterocycles. The summed E-state index contributed by atoms with van der Waals surface area (Å²) in [7, 11) is 2.01. The van der Waals surface area contributed by atoms with Crippen molar-refractivity contribution in [3.05, 3.63) is 41.7 Å². The maximum atomic E-state index is 12.8. The van der Waals surface area contributed by atoms with Gasteiger partial charge in [0.25, 0.3) is 5.91 Å². The lowest BCUT2D eigenvalue weighted by molar-refractivity contribution is 0.0571. The van der Waals surface area contributed by atoms with Crippen LogP contribution in [-0.4, -0.2) is 50.3 Å². The van der Waals surface area contributed by atoms with Crippen LogP contribution in [0.1, 0.15) is 53.3 Å². The van der Waals surface area contributed by atoms with Gasteiger partial charge < -0.3 is 14.2 Å². The van der Waals surface area contributed by atoms with E-state index in [0.29, 0.717) is 31.2 Å². The van der Waals surface area contributed by atoms with Crippen molar-refractivity contribution in [2.75, 3.05) is 19.8 Å². The van der Waals surface area contributed by atoms with E-state index in [-0.39, 0.29) is 11.8 Å². The van der Waals surface area contributed by atoms with Crippen LogP contribution in [0, 0.1) is 5.92 Å². The van der Waals surface area contributed by atoms with Crippen LogP contribution >= 0.6 is 0 Å². The Morgan fingerprint density at radius 1 is 1.27 bits per heavy atom. The summed E-state index contributed by atoms with van der Waals surface area (Å²) in [6, 6.07) is 1.70. The molecule has 1 saturated carbocycles. The first-order valence-electron chi connectivity index (χ1n) is 9.36. The second-order valence-electron chi connectivity index (χ2n) is 7.39. The summed E-state index contributed by atoms with van der Waals surface area (Å²) in [5.41, 5.74) is 2.71. The molecule has 0 unspecified atom stereocenters. The molecule has 0 spiro atoms. The van der Waals surface area contributed by atoms with Crippen molar-refractivity contribution in [3.8, 4) is 0 Å². The number of carbonyl (C=O) groups is 1. The zero-order chi connectivity index (χ0) is 17.9. The highest BCUT2D eigenvalue weighted by molar-refractivity contribution is 5.93. The number of hydrogen-bond donors (Lipinski definition) is 0. The van der Waals surface area contributed by atoms with Crippen molar-refractivity contribution < 1.29 is 9.53 Å². The number of rotatable bonds is 5. The molecule has 3 heterocycles. The van der Waals surface area contributed by atoms with E-state index >= 15 is 0 Å². The molecular weight excluding hydrogens is 330 g/mol. The first-order valence-corrected chi connectivity index (χ1v) is 9.36. The number of nitrogens with zero attached hydrogens (tertiary/aromatic N) is 5. The Labute approximate surface area is 153 Å². The Kier molecular flexibility index (Phi) is 4.97. The van der Waals surface area contributed by atoms with Gasteiger partial charge in [0.2, 0.25) is 0 Å². The van der Waals surface area contributed by atoms with E-state index in [2.05, 4.69) is 19.7 Å². The van der Waals surface area contributed by atoms with Gasteiger partial charge in [-0.15, -0.1) is 0 Å². The summed E-state index contributed by atoms with van der Waals surface area (Å²) in [5.74, 6) is 0.814. The van der Waals surface area contributed by atoms with Crippen LogP contribution in [0.15, 0.2) is 24.8 Å². The zero-order valence-electron chi connectivity index (χ0n) is 15.2. The highest BCUT2D eigenvalue weighted by atomic mass is 16.5. The van der Waals surface area contributed by atoms with Gasteiger partial charge in [-0.1, -0.05) is 12.8 Å². The molecule has 7 nitrogen and oxygen atoms in total. The van der Waals surface area contributed by atoms with Gasteiger partial charge in [-0.2, -0.15) is 10.2 Å². The normalized spacial score (nSPS) is 20.3. The lowest BCUT2D eigenvalue weighted by Gasteiger charge is -2.33. The molecule has 4 rings (SSSR count). The molecule has 2 aliphatic rings. The van der Waals surface area contributed by atoms with Crippen LogP contribution in [-0.2, 0) is 18.3 Å². The first kappa shape index (κ1) is 17.1. The summed E-state index contributed by atoms with van der Waals surface area (Å²) >= 11 is 0. The smallest absolute Gasteiger partial charge is 0.255 e. The van der Waals surface area contributed by atoms with E-state index < -0.39 is 0 Å². The summed E-state index contributed by atoms with van der Waals surface area (Å²) in [5, 5.41) is 7.57. The standard InChI is InChI=1S/C19H25N5O2/c1-23-13-20-17-10-24(19(25)15-6-7-21-22-8-15)9-16(18(17)23)12-26-11-14-4-2-3-5-14/h6-8,13-14,16H,2-5,9-12H2,1H3/t16-/m1/s1. The third-order valence-electron chi connectivity index (χ3n) is 5.50. The monoisotopic (exact) mass is 355 g/mol. The highest BCUT2D eigenvalue weighted by Gasteiger charge is 2.32. The minimum absolute atomic E-state index is 0.0306. The number of ether oxygens (including phenoxy) is 1. The molecule has 138 valence electrons. The van der Waals surface area contributed by atoms with E-state index in [4.69, 9.17) is 4.74 Å². The molecule has 7 heteroatoms. The van der Waals surface area contributed by atoms with Crippen LogP contribution in [0.3, 0.4) is 0 Å². The van der Waals surface area contributed by atoms with Gasteiger partial charge >= 0.3 is 0 Å². The molecule has 26 heavy (non-hydrogen) atoms. The lowest BCUT2D eigenvalue weighted by Crippen LogP contribution is -2.40. The number of amides is 1. The first-order chi connectivity index (χ1) is 12.7. The van der Waals surface area contributed by atoms with Crippen molar-refractivity contribution in [2.45, 2.75) is 38.1 Å². The molecule has 1 aliphatic carbocycles. The summed E-state index contributed by atoms with van der Waals surface area (Å²) < 4.78 is 8.13. The van der Waals surface area contributed by atoms with Crippen molar-refractivity contribution in [3.63, 3.8) is 0 Å². The molecule has 2 aromatic heterocycles. The van der Waals surface area contributed by atoms with E-state index in [1.54, 1.807) is 12.3 Å². The van der Waals surface area contributed by atoms with E-state index in [9.17, 15) is 4.79 Å². The van der Waals surface area contributed by atoms with Crippen molar-refractivity contribution in [2.24, 2.45) is 13.0 Å². The largest absolute Gasteiger partial charge is 0.380 e. The molecule has 1 atom stereocenters. The Morgan fingerprint density at radius 2 is 2.12 bits per heavy atom. The molecule has 0 bridgehead atoms. The molecule has 2 aromatic rings. The predicted octanol–water partition coefficient (Wildman–Crippen LogP) is 2.16. The average Bonchev–Trinajstić information content (AvgIpc) is 3.32. The molecule has 0 radical (unpaired) electrons. The predicted molar refractivity (Wildman–Crippen MR) is 95.5 cm³/mol. The fourth-order valence-corrected chi connectivity index (χ4v) is 4.17. The van der Waals surface area contributed by atoms with Gasteiger partial charge in [0.15, 0.2) is 0 Å². The molecule has 0 aromatic carbocycles. The fourth-order valence-electron chi connectivity index (χ4n) is 4.17. The summed E-state index contributed by atoms with van der Waals surface area (Å²) in [4.78, 5) is 19.2. The Hall–Kier alpha value is -2.28. The van der Waals surface area contributed by atoms with Crippen LogP contribution in [0.4, 0.5) is 0 Å². The average molecular weight is 355 g/mol. The van der Waals surface area contributed by atoms with Crippen molar-refractivity contribution >= 4 is 5.91 Å². The fraction of sp³-hybridized carbons (Fsp3) is 0.579. The molecule has 0 saturated heterocycles. The summed E-state index contributed by atoms with van der Waals surface area (Å²) in [6.07, 6.45) is 10.1. The van der Waals surface area contributed by atoms with Crippen LogP contribution in [0.5, 0.6) is 0 Å². The minimum Gasteiger partial charge on any atom is -0.380 e. The van der Waals surface area contributed by atoms with Crippen LogP contribution in [0.25, 0.3) is 0 Å². The van der Waals surface area contributed by atoms with E-state index in [0.717, 1.165) is 12.3 Å². The van der Waals surface area contributed by atoms with Gasteiger partial charge in [-0.05, 0) is 24.8 Å². The molecular formula is C19H25N5O2. The highest BCUT2D eigenvalue weighted by Crippen LogP contribution is 2.30. The molecule has 1 fully saturated rings. The number of fused-ring (bicyclic) bond motifs is 1. The minimum atomic E-state index is -0.0306. The second-order valence-corrected chi connectivity index (χ2v) is 7.39. The number of hydrogen-bond acceptors (Lipinski definition) is 5. The third-order valence-corrected chi connectivity index (χ3v) is 5.50. The van der Waals surface area contributed by atoms with Gasteiger partial charge in [0.05, 0.1) is 43.1 Å². The Balaban J connectivity index is 1.47. The molecule has 0 N–H and O–H groups in total. The van der Waals surface area contributed by atoms with E-state index in [1.807, 2.05) is 18.3 Å². The Morgan fingerprint density at radius 3 is 2.88 bits per heavy atom. The second kappa shape index (κ2) is 7.53. The SMILES string of the molecule is Cn1cnc2c1[C@@H](COCC1CCCC1)CN(C(=O)c1ccnnc1)C2. The summed E-state index contributed by atoms with van der Waals surface area (Å²) in [6.45, 7) is 2.61. The van der Waals surface area contributed by atoms with Gasteiger partial charge in [-0.3, -0.25) is 4.79 Å². The van der Waals surface area contributed by atoms with Gasteiger partial charge in [0, 0.05) is 31.8 Å². The number of aromatic nitrogens is 4. The van der Waals surface area contributed by atoms with Crippen LogP contribution in [0.2, 0.25) is 0 Å². The topological polar surface area (TPSA) is 73.1 Å². The lowest BCUT2D eigenvalue weighted by atomic mass is 9.98. The number of aryl methyl sites for hydroxylation is 1. The number of carbonyl (C=O) groups excluding carboxylic acids is 1. The zero-order valence-corrected chi connectivity index (χ0v) is 15.2. The quantitative estimate of drug-likeness (QED) is 0.822. The van der Waals surface area contributed by atoms with Gasteiger partial charge in [0.1, 0.15) is 0 Å². The van der Waals surface area contributed by atoms with Gasteiger partial charge in [-0.25, -0.2) is 4.98 Å².